The van der Waals surface area contributed by atoms with E-state index >= 15 is 0 Å². The van der Waals surface area contributed by atoms with E-state index in [-0.39, 0.29) is 0 Å². The monoisotopic (exact) mass is 145 g/mol. The number of nitrogens with zero attached hydrogens (tertiary/aromatic N) is 2. The first-order valence-corrected chi connectivity index (χ1v) is 3.37. The zero-order valence-corrected chi connectivity index (χ0v) is 6.13. The Hall–Kier alpha value is -1.60. The van der Waals surface area contributed by atoms with Gasteiger partial charge in [0.05, 0.1) is 6.20 Å². The molecule has 0 aromatic carbocycles. The van der Waals surface area contributed by atoms with Gasteiger partial charge in [0.2, 0.25) is 0 Å². The average molecular weight is 145 g/mol. The fraction of sp³-hybridized carbons (Fsp3) is 0.125. The van der Waals surface area contributed by atoms with E-state index in [2.05, 4.69) is 20.8 Å². The summed E-state index contributed by atoms with van der Waals surface area (Å²) in [7, 11) is 0. The average Bonchev–Trinajstić information content (AvgIpc) is 2.25. The Morgan fingerprint density at radius 1 is 1.55 bits per heavy atom. The number of fused-ring (bicyclic) bond motifs is 1. The van der Waals surface area contributed by atoms with Crippen molar-refractivity contribution >= 4 is 12.1 Å². The minimum Gasteiger partial charge on any atom is -0.346 e. The molecular weight excluding hydrogens is 138 g/mol. The van der Waals surface area contributed by atoms with Crippen molar-refractivity contribution in [3.8, 4) is 0 Å². The van der Waals surface area contributed by atoms with Crippen molar-refractivity contribution in [3.05, 3.63) is 28.7 Å². The molecule has 0 saturated carbocycles. The fourth-order valence-electron chi connectivity index (χ4n) is 1.02. The van der Waals surface area contributed by atoms with Gasteiger partial charge in [0.15, 0.2) is 0 Å². The van der Waals surface area contributed by atoms with Crippen molar-refractivity contribution < 1.29 is 0 Å². The first kappa shape index (κ1) is 6.13. The molecule has 0 aliphatic carbocycles. The van der Waals surface area contributed by atoms with E-state index in [1.807, 2.05) is 13.1 Å². The van der Waals surface area contributed by atoms with Crippen LogP contribution in [-0.4, -0.2) is 10.9 Å². The summed E-state index contributed by atoms with van der Waals surface area (Å²) in [5.41, 5.74) is 2.01. The second kappa shape index (κ2) is 2.22. The Morgan fingerprint density at radius 2 is 2.45 bits per heavy atom. The van der Waals surface area contributed by atoms with Gasteiger partial charge in [-0.15, -0.1) is 0 Å². The summed E-state index contributed by atoms with van der Waals surface area (Å²) >= 11 is 0. The maximum absolute atomic E-state index is 4.09. The zero-order valence-electron chi connectivity index (χ0n) is 6.13. The number of aryl methyl sites for hydroxylation is 1. The normalized spacial score (nSPS) is 13.2. The Kier molecular flexibility index (Phi) is 1.24. The van der Waals surface area contributed by atoms with Crippen LogP contribution in [0.2, 0.25) is 0 Å². The molecule has 0 fully saturated rings. The first-order chi connectivity index (χ1) is 5.38. The lowest BCUT2D eigenvalue weighted by atomic mass is 10.3. The molecule has 11 heavy (non-hydrogen) atoms. The van der Waals surface area contributed by atoms with Crippen molar-refractivity contribution in [2.24, 2.45) is 9.98 Å². The summed E-state index contributed by atoms with van der Waals surface area (Å²) in [5, 5.41) is 1.05. The van der Waals surface area contributed by atoms with E-state index in [9.17, 15) is 0 Å². The van der Waals surface area contributed by atoms with Gasteiger partial charge in [-0.1, -0.05) is 0 Å². The number of hydrogen-bond acceptors (Lipinski definition) is 2. The van der Waals surface area contributed by atoms with E-state index in [0.717, 1.165) is 16.3 Å². The van der Waals surface area contributed by atoms with Crippen LogP contribution >= 0.6 is 0 Å². The summed E-state index contributed by atoms with van der Waals surface area (Å²) in [6.45, 7) is 2.02. The van der Waals surface area contributed by atoms with Gasteiger partial charge in [0.25, 0.3) is 0 Å². The molecule has 1 aromatic rings. The third kappa shape index (κ3) is 0.914. The van der Waals surface area contributed by atoms with Crippen molar-refractivity contribution in [2.75, 3.05) is 0 Å². The fourth-order valence-corrected chi connectivity index (χ4v) is 1.02. The Labute approximate surface area is 63.5 Å². The molecule has 1 aliphatic heterocycles. The van der Waals surface area contributed by atoms with Crippen molar-refractivity contribution in [2.45, 2.75) is 6.92 Å². The molecule has 0 atom stereocenters. The third-order valence-electron chi connectivity index (χ3n) is 1.62. The molecular formula is C8H7N3. The first-order valence-electron chi connectivity index (χ1n) is 3.37. The molecule has 2 rings (SSSR count). The summed E-state index contributed by atoms with van der Waals surface area (Å²) in [5.74, 6) is 2.67. The summed E-state index contributed by atoms with van der Waals surface area (Å²) < 4.78 is 0. The molecule has 0 unspecified atom stereocenters. The van der Waals surface area contributed by atoms with Gasteiger partial charge in [-0.25, -0.2) is 9.98 Å². The van der Waals surface area contributed by atoms with E-state index < -0.39 is 0 Å². The number of H-pyrrole nitrogens is 1. The molecule has 3 nitrogen and oxygen atoms in total. The molecule has 0 amide bonds. The van der Waals surface area contributed by atoms with Gasteiger partial charge in [0, 0.05) is 23.5 Å². The van der Waals surface area contributed by atoms with Crippen LogP contribution in [-0.2, 0) is 0 Å². The zero-order chi connectivity index (χ0) is 7.68. The van der Waals surface area contributed by atoms with Crippen LogP contribution in [0.5, 0.6) is 0 Å². The SMILES string of the molecule is Cc1c[nH]c2c1=CN=C=CN=2. The molecule has 54 valence electrons. The number of aromatic nitrogens is 1. The van der Waals surface area contributed by atoms with Gasteiger partial charge in [-0.05, 0) is 12.5 Å². The maximum Gasteiger partial charge on any atom is 0.139 e. The summed E-state index contributed by atoms with van der Waals surface area (Å²) in [4.78, 5) is 11.0. The van der Waals surface area contributed by atoms with Gasteiger partial charge in [0.1, 0.15) is 5.49 Å². The Balaban J connectivity index is 2.94. The predicted molar refractivity (Wildman–Crippen MR) is 42.8 cm³/mol. The predicted octanol–water partition coefficient (Wildman–Crippen LogP) is -0.122. The van der Waals surface area contributed by atoms with Crippen LogP contribution in [0.25, 0.3) is 6.20 Å². The third-order valence-corrected chi connectivity index (χ3v) is 1.62. The number of nitrogens with one attached hydrogen (secondary N) is 1. The van der Waals surface area contributed by atoms with E-state index in [1.165, 1.54) is 0 Å². The molecule has 3 heteroatoms. The molecule has 0 bridgehead atoms. The number of aromatic amines is 1. The van der Waals surface area contributed by atoms with Gasteiger partial charge < -0.3 is 4.98 Å². The van der Waals surface area contributed by atoms with Crippen molar-refractivity contribution in [3.63, 3.8) is 0 Å². The smallest absolute Gasteiger partial charge is 0.139 e. The van der Waals surface area contributed by atoms with Crippen LogP contribution < -0.4 is 10.7 Å². The van der Waals surface area contributed by atoms with Gasteiger partial charge >= 0.3 is 0 Å². The molecule has 1 N–H and O–H groups in total. The van der Waals surface area contributed by atoms with Gasteiger partial charge in [-0.2, -0.15) is 0 Å². The topological polar surface area (TPSA) is 40.5 Å². The van der Waals surface area contributed by atoms with Crippen LogP contribution in [0, 0.1) is 6.92 Å². The molecule has 0 radical (unpaired) electrons. The van der Waals surface area contributed by atoms with Crippen molar-refractivity contribution in [1.29, 1.82) is 0 Å². The minimum absolute atomic E-state index is 0.858. The highest BCUT2D eigenvalue weighted by molar-refractivity contribution is 5.56. The highest BCUT2D eigenvalue weighted by Crippen LogP contribution is 1.81. The standard InChI is InChI=1S/C8H7N3/c1-6-4-11-8-7(6)5-9-2-3-10-8/h3-5H,1H3,(H,10,11). The highest BCUT2D eigenvalue weighted by Gasteiger charge is 1.93. The van der Waals surface area contributed by atoms with Crippen LogP contribution in [0.15, 0.2) is 22.4 Å². The minimum atomic E-state index is 0.858. The Bertz CT molecular complexity index is 444. The number of aliphatic imine (C=N–C) groups is 1. The second-order valence-electron chi connectivity index (χ2n) is 2.38. The molecule has 1 aromatic heterocycles. The molecule has 0 saturated heterocycles. The van der Waals surface area contributed by atoms with Crippen LogP contribution in [0.4, 0.5) is 0 Å². The lowest BCUT2D eigenvalue weighted by molar-refractivity contribution is 1.19. The summed E-state index contributed by atoms with van der Waals surface area (Å²) in [6.07, 6.45) is 5.23. The second-order valence-corrected chi connectivity index (χ2v) is 2.38. The van der Waals surface area contributed by atoms with Crippen LogP contribution in [0.3, 0.4) is 0 Å². The highest BCUT2D eigenvalue weighted by atomic mass is 14.8. The molecule has 2 heterocycles. The lowest BCUT2D eigenvalue weighted by Crippen LogP contribution is -2.23. The van der Waals surface area contributed by atoms with E-state index in [0.29, 0.717) is 0 Å². The lowest BCUT2D eigenvalue weighted by Gasteiger charge is -1.76. The largest absolute Gasteiger partial charge is 0.346 e. The maximum atomic E-state index is 4.09. The quantitative estimate of drug-likeness (QED) is 0.528. The molecule has 1 aliphatic rings. The van der Waals surface area contributed by atoms with Crippen molar-refractivity contribution in [1.82, 2.24) is 4.98 Å². The molecule has 0 spiro atoms. The Morgan fingerprint density at radius 3 is 3.36 bits per heavy atom. The number of rotatable bonds is 0. The van der Waals surface area contributed by atoms with Gasteiger partial charge in [-0.3, -0.25) is 0 Å². The van der Waals surface area contributed by atoms with E-state index in [1.54, 1.807) is 12.4 Å². The number of hydrogen-bond donors (Lipinski definition) is 1. The summed E-state index contributed by atoms with van der Waals surface area (Å²) in [6, 6.07) is 0. The van der Waals surface area contributed by atoms with E-state index in [4.69, 9.17) is 0 Å². The van der Waals surface area contributed by atoms with Crippen LogP contribution in [0.1, 0.15) is 5.56 Å².